The van der Waals surface area contributed by atoms with Crippen LogP contribution in [-0.2, 0) is 19.3 Å². The summed E-state index contributed by atoms with van der Waals surface area (Å²) < 4.78 is 0. The van der Waals surface area contributed by atoms with Crippen molar-refractivity contribution >= 4 is 23.0 Å². The van der Waals surface area contributed by atoms with Crippen LogP contribution in [0.3, 0.4) is 0 Å². The van der Waals surface area contributed by atoms with Crippen molar-refractivity contribution in [1.82, 2.24) is 4.98 Å². The van der Waals surface area contributed by atoms with Crippen LogP contribution in [0.1, 0.15) is 76.5 Å². The van der Waals surface area contributed by atoms with E-state index in [-0.39, 0.29) is 0 Å². The SMILES string of the molecule is C=C(Cc1c(C)cc(CC)cc1C#N)c1cccc(-c2cccc(NC(=C)c3ncc(CC)cc3/C=C\C)c2C)c1C. The Hall–Kier alpha value is -4.68. The highest BCUT2D eigenvalue weighted by Crippen LogP contribution is 2.36. The molecule has 42 heavy (non-hydrogen) atoms. The summed E-state index contributed by atoms with van der Waals surface area (Å²) in [5, 5.41) is 13.4. The first-order chi connectivity index (χ1) is 20.2. The summed E-state index contributed by atoms with van der Waals surface area (Å²) >= 11 is 0. The van der Waals surface area contributed by atoms with E-state index in [1.807, 2.05) is 25.3 Å². The zero-order valence-electron chi connectivity index (χ0n) is 25.9. The third-order valence-corrected chi connectivity index (χ3v) is 8.09. The average Bonchev–Trinajstić information content (AvgIpc) is 2.99. The fraction of sp³-hybridized carbons (Fsp3) is 0.231. The van der Waals surface area contributed by atoms with Crippen LogP contribution in [0, 0.1) is 32.1 Å². The lowest BCUT2D eigenvalue weighted by molar-refractivity contribution is 1.09. The summed E-state index contributed by atoms with van der Waals surface area (Å²) in [6.07, 6.45) is 8.54. The summed E-state index contributed by atoms with van der Waals surface area (Å²) in [4.78, 5) is 4.74. The van der Waals surface area contributed by atoms with Gasteiger partial charge in [0, 0.05) is 17.4 Å². The number of allylic oxidation sites excluding steroid dienone is 2. The minimum absolute atomic E-state index is 0.641. The zero-order chi connectivity index (χ0) is 30.4. The van der Waals surface area contributed by atoms with Crippen LogP contribution in [0.4, 0.5) is 5.69 Å². The average molecular weight is 552 g/mol. The molecule has 0 bridgehead atoms. The number of pyridine rings is 1. The van der Waals surface area contributed by atoms with Crippen molar-refractivity contribution in [3.8, 4) is 17.2 Å². The molecule has 3 aromatic carbocycles. The highest BCUT2D eigenvalue weighted by Gasteiger charge is 2.16. The fourth-order valence-electron chi connectivity index (χ4n) is 5.61. The number of nitrogens with one attached hydrogen (secondary N) is 1. The van der Waals surface area contributed by atoms with E-state index in [1.165, 1.54) is 22.3 Å². The fourth-order valence-corrected chi connectivity index (χ4v) is 5.61. The van der Waals surface area contributed by atoms with E-state index in [9.17, 15) is 5.26 Å². The minimum Gasteiger partial charge on any atom is -0.354 e. The molecule has 0 aliphatic carbocycles. The topological polar surface area (TPSA) is 48.7 Å². The molecule has 4 rings (SSSR count). The molecule has 0 unspecified atom stereocenters. The Balaban J connectivity index is 1.66. The Labute approximate surface area is 252 Å². The predicted octanol–water partition coefficient (Wildman–Crippen LogP) is 10.0. The summed E-state index contributed by atoms with van der Waals surface area (Å²) in [7, 11) is 0. The largest absolute Gasteiger partial charge is 0.354 e. The van der Waals surface area contributed by atoms with Crippen molar-refractivity contribution in [2.75, 3.05) is 5.32 Å². The molecule has 1 N–H and O–H groups in total. The Bertz CT molecular complexity index is 1730. The predicted molar refractivity (Wildman–Crippen MR) is 180 cm³/mol. The van der Waals surface area contributed by atoms with Gasteiger partial charge in [0.1, 0.15) is 0 Å². The van der Waals surface area contributed by atoms with Gasteiger partial charge in [0.05, 0.1) is 23.0 Å². The third-order valence-electron chi connectivity index (χ3n) is 8.09. The second kappa shape index (κ2) is 13.3. The first-order valence-corrected chi connectivity index (χ1v) is 14.7. The molecule has 3 heteroatoms. The lowest BCUT2D eigenvalue weighted by Gasteiger charge is -2.19. The molecule has 3 nitrogen and oxygen atoms in total. The van der Waals surface area contributed by atoms with E-state index >= 15 is 0 Å². The van der Waals surface area contributed by atoms with Gasteiger partial charge in [-0.3, -0.25) is 4.98 Å². The van der Waals surface area contributed by atoms with Crippen LogP contribution in [0.2, 0.25) is 0 Å². The van der Waals surface area contributed by atoms with Gasteiger partial charge >= 0.3 is 0 Å². The smallest absolute Gasteiger partial charge is 0.0994 e. The van der Waals surface area contributed by atoms with Crippen molar-refractivity contribution in [3.05, 3.63) is 136 Å². The monoisotopic (exact) mass is 551 g/mol. The van der Waals surface area contributed by atoms with E-state index in [4.69, 9.17) is 4.98 Å². The van der Waals surface area contributed by atoms with Gasteiger partial charge in [-0.25, -0.2) is 0 Å². The summed E-state index contributed by atoms with van der Waals surface area (Å²) in [6, 6.07) is 21.5. The first kappa shape index (κ1) is 30.3. The molecular formula is C39H41N3. The van der Waals surface area contributed by atoms with Crippen molar-refractivity contribution in [1.29, 1.82) is 5.26 Å². The number of anilines is 1. The van der Waals surface area contributed by atoms with Crippen molar-refractivity contribution in [2.24, 2.45) is 0 Å². The number of hydrogen-bond acceptors (Lipinski definition) is 3. The molecule has 0 spiro atoms. The second-order valence-corrected chi connectivity index (χ2v) is 10.9. The molecule has 0 fully saturated rings. The van der Waals surface area contributed by atoms with E-state index in [0.717, 1.165) is 74.4 Å². The lowest BCUT2D eigenvalue weighted by Crippen LogP contribution is -2.05. The van der Waals surface area contributed by atoms with Crippen LogP contribution in [-0.4, -0.2) is 4.98 Å². The number of aromatic nitrogens is 1. The van der Waals surface area contributed by atoms with E-state index in [0.29, 0.717) is 6.42 Å². The molecule has 0 radical (unpaired) electrons. The lowest BCUT2D eigenvalue weighted by atomic mass is 9.87. The number of benzene rings is 3. The van der Waals surface area contributed by atoms with Gasteiger partial charge in [0.2, 0.25) is 0 Å². The van der Waals surface area contributed by atoms with Crippen molar-refractivity contribution in [2.45, 2.75) is 60.8 Å². The molecule has 0 atom stereocenters. The molecule has 0 aliphatic rings. The van der Waals surface area contributed by atoms with Crippen LogP contribution >= 0.6 is 0 Å². The van der Waals surface area contributed by atoms with Gasteiger partial charge in [0.15, 0.2) is 0 Å². The van der Waals surface area contributed by atoms with Gasteiger partial charge < -0.3 is 5.32 Å². The zero-order valence-corrected chi connectivity index (χ0v) is 25.9. The Morgan fingerprint density at radius 3 is 2.29 bits per heavy atom. The minimum atomic E-state index is 0.641. The maximum atomic E-state index is 9.85. The maximum Gasteiger partial charge on any atom is 0.0994 e. The van der Waals surface area contributed by atoms with Crippen LogP contribution in [0.15, 0.2) is 80.0 Å². The van der Waals surface area contributed by atoms with E-state index < -0.39 is 0 Å². The molecular weight excluding hydrogens is 510 g/mol. The van der Waals surface area contributed by atoms with Gasteiger partial charge in [-0.15, -0.1) is 0 Å². The molecule has 1 heterocycles. The third kappa shape index (κ3) is 6.29. The van der Waals surface area contributed by atoms with Crippen molar-refractivity contribution in [3.63, 3.8) is 0 Å². The summed E-state index contributed by atoms with van der Waals surface area (Å²) in [5.74, 6) is 0. The Kier molecular flexibility index (Phi) is 9.60. The second-order valence-electron chi connectivity index (χ2n) is 10.9. The van der Waals surface area contributed by atoms with Crippen LogP contribution < -0.4 is 5.32 Å². The molecule has 0 saturated carbocycles. The summed E-state index contributed by atoms with van der Waals surface area (Å²) in [5.41, 5.74) is 15.8. The number of aryl methyl sites for hydroxylation is 3. The number of rotatable bonds is 10. The Morgan fingerprint density at radius 1 is 0.929 bits per heavy atom. The maximum absolute atomic E-state index is 9.85. The van der Waals surface area contributed by atoms with E-state index in [1.54, 1.807) is 0 Å². The van der Waals surface area contributed by atoms with Crippen molar-refractivity contribution < 1.29 is 0 Å². The van der Waals surface area contributed by atoms with Gasteiger partial charge in [-0.1, -0.05) is 75.6 Å². The van der Waals surface area contributed by atoms with E-state index in [2.05, 4.69) is 114 Å². The molecule has 1 aromatic heterocycles. The molecule has 0 amide bonds. The normalized spacial score (nSPS) is 11.0. The van der Waals surface area contributed by atoms with Crippen LogP contribution in [0.25, 0.3) is 28.5 Å². The molecule has 0 saturated heterocycles. The highest BCUT2D eigenvalue weighted by molar-refractivity contribution is 5.85. The number of nitrogens with zero attached hydrogens (tertiary/aromatic N) is 2. The highest BCUT2D eigenvalue weighted by atomic mass is 14.9. The van der Waals surface area contributed by atoms with Gasteiger partial charge in [-0.05, 0) is 121 Å². The first-order valence-electron chi connectivity index (χ1n) is 14.7. The van der Waals surface area contributed by atoms with Gasteiger partial charge in [0.25, 0.3) is 0 Å². The van der Waals surface area contributed by atoms with Crippen LogP contribution in [0.5, 0.6) is 0 Å². The van der Waals surface area contributed by atoms with Gasteiger partial charge in [-0.2, -0.15) is 5.26 Å². The standard InChI is InChI=1S/C39H41N3/c1-9-14-32-22-31(11-3)24-41-39(32)29(8)42-38-18-13-17-36(28(38)7)35-16-12-15-34(27(35)6)26(5)20-37-25(4)19-30(10-2)21-33(37)23-40/h9,12-19,21-22,24,42H,5,8,10-11,20H2,1-4,6-7H3/b14-9-. The quantitative estimate of drug-likeness (QED) is 0.213. The number of nitriles is 1. The molecule has 4 aromatic rings. The molecule has 212 valence electrons. The molecule has 0 aliphatic heterocycles. The number of hydrogen-bond donors (Lipinski definition) is 1. The summed E-state index contributed by atoms with van der Waals surface area (Å²) in [6.45, 7) is 21.5. The Morgan fingerprint density at radius 2 is 1.62 bits per heavy atom.